The van der Waals surface area contributed by atoms with Crippen LogP contribution >= 0.6 is 0 Å². The van der Waals surface area contributed by atoms with Crippen molar-refractivity contribution in [1.82, 2.24) is 5.32 Å². The normalized spacial score (nSPS) is 11.9. The van der Waals surface area contributed by atoms with Crippen molar-refractivity contribution < 1.29 is 9.18 Å². The molecule has 0 saturated heterocycles. The van der Waals surface area contributed by atoms with E-state index in [1.165, 1.54) is 0 Å². The molecule has 0 bridgehead atoms. The summed E-state index contributed by atoms with van der Waals surface area (Å²) < 4.78 is 14.7. The van der Waals surface area contributed by atoms with Crippen LogP contribution in [0.15, 0.2) is 23.8 Å². The van der Waals surface area contributed by atoms with Crippen molar-refractivity contribution in [3.05, 3.63) is 57.4 Å². The second-order valence-electron chi connectivity index (χ2n) is 8.74. The zero-order chi connectivity index (χ0) is 22.7. The van der Waals surface area contributed by atoms with E-state index >= 15 is 0 Å². The number of amides is 1. The molecule has 0 heterocycles. The van der Waals surface area contributed by atoms with Gasteiger partial charge in [0.15, 0.2) is 0 Å². The van der Waals surface area contributed by atoms with Gasteiger partial charge in [-0.2, -0.15) is 0 Å². The van der Waals surface area contributed by atoms with Gasteiger partial charge in [0.2, 0.25) is 5.91 Å². The molecule has 2 aromatic carbocycles. The smallest absolute Gasteiger partial charge is 0.247 e. The topological polar surface area (TPSA) is 41.1 Å². The third kappa shape index (κ3) is 5.10. The second kappa shape index (κ2) is 9.46. The SMILES string of the molecule is C/C(=C\c1c(C)c(C)c(-c2ccc(NC(C)C)c(F)c2)c(C)c1C)C(=O)NC(C)C. The number of anilines is 1. The summed E-state index contributed by atoms with van der Waals surface area (Å²) in [4.78, 5) is 12.4. The van der Waals surface area contributed by atoms with Crippen molar-refractivity contribution >= 4 is 17.7 Å². The summed E-state index contributed by atoms with van der Waals surface area (Å²) in [6.07, 6.45) is 1.96. The molecule has 30 heavy (non-hydrogen) atoms. The molecule has 0 atom stereocenters. The average molecular weight is 411 g/mol. The standard InChI is InChI=1S/C26H35FN2O/c1-14(2)28-24-11-10-21(13-23(24)27)25-19(8)17(6)22(18(7)20(25)9)12-16(5)26(30)29-15(3)4/h10-15,28H,1-9H3,(H,29,30)/b16-12+. The van der Waals surface area contributed by atoms with Crippen LogP contribution in [-0.2, 0) is 4.79 Å². The van der Waals surface area contributed by atoms with Crippen LogP contribution in [0, 0.1) is 33.5 Å². The molecule has 4 heteroatoms. The van der Waals surface area contributed by atoms with E-state index in [2.05, 4.69) is 38.3 Å². The molecule has 2 aromatic rings. The van der Waals surface area contributed by atoms with Gasteiger partial charge < -0.3 is 10.6 Å². The summed E-state index contributed by atoms with van der Waals surface area (Å²) in [6, 6.07) is 5.65. The van der Waals surface area contributed by atoms with E-state index in [4.69, 9.17) is 0 Å². The lowest BCUT2D eigenvalue weighted by atomic mass is 9.85. The largest absolute Gasteiger partial charge is 0.381 e. The second-order valence-corrected chi connectivity index (χ2v) is 8.74. The quantitative estimate of drug-likeness (QED) is 0.536. The van der Waals surface area contributed by atoms with Crippen molar-refractivity contribution in [2.24, 2.45) is 0 Å². The highest BCUT2D eigenvalue weighted by atomic mass is 19.1. The molecule has 0 aliphatic heterocycles. The molecule has 0 radical (unpaired) electrons. The Bertz CT molecular complexity index is 958. The maximum Gasteiger partial charge on any atom is 0.247 e. The van der Waals surface area contributed by atoms with Gasteiger partial charge in [-0.05, 0) is 119 Å². The van der Waals surface area contributed by atoms with Crippen LogP contribution in [0.4, 0.5) is 10.1 Å². The number of carbonyl (C=O) groups excluding carboxylic acids is 1. The molecule has 0 aliphatic rings. The molecule has 0 saturated carbocycles. The monoisotopic (exact) mass is 410 g/mol. The van der Waals surface area contributed by atoms with Gasteiger partial charge in [0.1, 0.15) is 5.82 Å². The molecule has 162 valence electrons. The van der Waals surface area contributed by atoms with Gasteiger partial charge in [-0.25, -0.2) is 4.39 Å². The predicted molar refractivity (Wildman–Crippen MR) is 126 cm³/mol. The number of rotatable bonds is 6. The van der Waals surface area contributed by atoms with Crippen molar-refractivity contribution in [3.63, 3.8) is 0 Å². The zero-order valence-corrected chi connectivity index (χ0v) is 19.8. The highest BCUT2D eigenvalue weighted by Gasteiger charge is 2.17. The lowest BCUT2D eigenvalue weighted by Crippen LogP contribution is -2.30. The van der Waals surface area contributed by atoms with E-state index in [0.29, 0.717) is 11.3 Å². The van der Waals surface area contributed by atoms with Gasteiger partial charge >= 0.3 is 0 Å². The summed E-state index contributed by atoms with van der Waals surface area (Å²) in [6.45, 7) is 18.0. The minimum atomic E-state index is -0.250. The molecule has 0 spiro atoms. The number of carbonyl (C=O) groups is 1. The zero-order valence-electron chi connectivity index (χ0n) is 19.8. The van der Waals surface area contributed by atoms with Crippen molar-refractivity contribution in [1.29, 1.82) is 0 Å². The summed E-state index contributed by atoms with van der Waals surface area (Å²) >= 11 is 0. The van der Waals surface area contributed by atoms with E-state index in [0.717, 1.165) is 38.9 Å². The van der Waals surface area contributed by atoms with Crippen LogP contribution in [-0.4, -0.2) is 18.0 Å². The van der Waals surface area contributed by atoms with Crippen LogP contribution in [0.3, 0.4) is 0 Å². The predicted octanol–water partition coefficient (Wildman–Crippen LogP) is 6.47. The molecule has 1 amide bonds. The maximum absolute atomic E-state index is 14.7. The molecular formula is C26H35FN2O. The third-order valence-electron chi connectivity index (χ3n) is 5.52. The first kappa shape index (κ1) is 23.7. The van der Waals surface area contributed by atoms with E-state index in [9.17, 15) is 9.18 Å². The fourth-order valence-corrected chi connectivity index (χ4v) is 3.75. The first-order valence-corrected chi connectivity index (χ1v) is 10.6. The summed E-state index contributed by atoms with van der Waals surface area (Å²) in [5, 5.41) is 6.08. The Labute approximate surface area is 180 Å². The van der Waals surface area contributed by atoms with Crippen LogP contribution in [0.5, 0.6) is 0 Å². The lowest BCUT2D eigenvalue weighted by Gasteiger charge is -2.21. The van der Waals surface area contributed by atoms with E-state index < -0.39 is 0 Å². The molecule has 2 rings (SSSR count). The Hall–Kier alpha value is -2.62. The lowest BCUT2D eigenvalue weighted by molar-refractivity contribution is -0.117. The van der Waals surface area contributed by atoms with Crippen molar-refractivity contribution in [3.8, 4) is 11.1 Å². The highest BCUT2D eigenvalue weighted by molar-refractivity contribution is 5.98. The molecule has 2 N–H and O–H groups in total. The summed E-state index contributed by atoms with van der Waals surface area (Å²) in [5.74, 6) is -0.307. The maximum atomic E-state index is 14.7. The number of nitrogens with one attached hydrogen (secondary N) is 2. The number of benzene rings is 2. The van der Waals surface area contributed by atoms with Gasteiger partial charge in [0.05, 0.1) is 5.69 Å². The van der Waals surface area contributed by atoms with Gasteiger partial charge in [-0.1, -0.05) is 6.07 Å². The Kier molecular flexibility index (Phi) is 7.46. The molecule has 0 aromatic heterocycles. The highest BCUT2D eigenvalue weighted by Crippen LogP contribution is 2.36. The Morgan fingerprint density at radius 3 is 1.97 bits per heavy atom. The van der Waals surface area contributed by atoms with Crippen molar-refractivity contribution in [2.45, 2.75) is 74.4 Å². The minimum absolute atomic E-state index is 0.0569. The first-order chi connectivity index (χ1) is 13.9. The van der Waals surface area contributed by atoms with E-state index in [-0.39, 0.29) is 23.8 Å². The van der Waals surface area contributed by atoms with Gasteiger partial charge in [-0.3, -0.25) is 4.79 Å². The number of hydrogen-bond donors (Lipinski definition) is 2. The fourth-order valence-electron chi connectivity index (χ4n) is 3.75. The first-order valence-electron chi connectivity index (χ1n) is 10.6. The Balaban J connectivity index is 2.56. The molecule has 0 unspecified atom stereocenters. The van der Waals surface area contributed by atoms with Crippen molar-refractivity contribution in [2.75, 3.05) is 5.32 Å². The van der Waals surface area contributed by atoms with E-state index in [1.807, 2.05) is 52.8 Å². The average Bonchev–Trinajstić information content (AvgIpc) is 2.64. The van der Waals surface area contributed by atoms with Crippen LogP contribution in [0.1, 0.15) is 62.4 Å². The summed E-state index contributed by atoms with van der Waals surface area (Å²) in [7, 11) is 0. The molecule has 3 nitrogen and oxygen atoms in total. The Morgan fingerprint density at radius 1 is 0.933 bits per heavy atom. The van der Waals surface area contributed by atoms with Gasteiger partial charge in [-0.15, -0.1) is 0 Å². The van der Waals surface area contributed by atoms with Crippen LogP contribution < -0.4 is 10.6 Å². The molecular weight excluding hydrogens is 375 g/mol. The van der Waals surface area contributed by atoms with Gasteiger partial charge in [0.25, 0.3) is 0 Å². The number of halogens is 1. The van der Waals surface area contributed by atoms with Gasteiger partial charge in [0, 0.05) is 17.7 Å². The third-order valence-corrected chi connectivity index (χ3v) is 5.52. The Morgan fingerprint density at radius 2 is 1.50 bits per heavy atom. The fraction of sp³-hybridized carbons (Fsp3) is 0.423. The summed E-state index contributed by atoms with van der Waals surface area (Å²) in [5.41, 5.74) is 8.60. The molecule has 0 aliphatic carbocycles. The number of hydrogen-bond acceptors (Lipinski definition) is 2. The van der Waals surface area contributed by atoms with E-state index in [1.54, 1.807) is 6.07 Å². The minimum Gasteiger partial charge on any atom is -0.381 e. The molecule has 0 fully saturated rings. The van der Waals surface area contributed by atoms with Crippen LogP contribution in [0.25, 0.3) is 17.2 Å². The van der Waals surface area contributed by atoms with Crippen LogP contribution in [0.2, 0.25) is 0 Å².